The van der Waals surface area contributed by atoms with Crippen LogP contribution in [-0.4, -0.2) is 23.1 Å². The number of benzene rings is 1. The smallest absolute Gasteiger partial charge is 0.270 e. The van der Waals surface area contributed by atoms with E-state index in [4.69, 9.17) is 4.74 Å². The minimum Gasteiger partial charge on any atom is -0.496 e. The van der Waals surface area contributed by atoms with Crippen LogP contribution in [0.2, 0.25) is 0 Å². The topological polar surface area (TPSA) is 87.0 Å². The zero-order valence-electron chi connectivity index (χ0n) is 14.5. The van der Waals surface area contributed by atoms with Crippen molar-refractivity contribution in [1.29, 1.82) is 0 Å². The highest BCUT2D eigenvalue weighted by atomic mass is 16.5. The van der Waals surface area contributed by atoms with Crippen LogP contribution in [-0.2, 0) is 4.79 Å². The highest BCUT2D eigenvalue weighted by molar-refractivity contribution is 6.01. The SMILES string of the molecule is COc1ccccc1C1C2=C(CC(C)(C)CC2=O)Nc2[nH][nH]c(=O)c21. The average molecular weight is 339 g/mol. The summed E-state index contributed by atoms with van der Waals surface area (Å²) in [5.41, 5.74) is 2.61. The molecule has 6 heteroatoms. The number of aromatic nitrogens is 2. The fourth-order valence-corrected chi connectivity index (χ4v) is 4.03. The number of fused-ring (bicyclic) bond motifs is 1. The second kappa shape index (κ2) is 5.37. The molecule has 0 amide bonds. The minimum atomic E-state index is -0.430. The van der Waals surface area contributed by atoms with Crippen molar-refractivity contribution in [2.75, 3.05) is 12.4 Å². The molecule has 4 rings (SSSR count). The van der Waals surface area contributed by atoms with Crippen LogP contribution < -0.4 is 15.6 Å². The molecule has 1 atom stereocenters. The molecule has 2 heterocycles. The van der Waals surface area contributed by atoms with Gasteiger partial charge in [0.2, 0.25) is 0 Å². The summed E-state index contributed by atoms with van der Waals surface area (Å²) in [6.45, 7) is 4.17. The predicted molar refractivity (Wildman–Crippen MR) is 94.9 cm³/mol. The van der Waals surface area contributed by atoms with E-state index in [0.717, 1.165) is 17.7 Å². The number of para-hydroxylation sites is 1. The molecular weight excluding hydrogens is 318 g/mol. The van der Waals surface area contributed by atoms with Gasteiger partial charge in [0.25, 0.3) is 5.56 Å². The third-order valence-corrected chi connectivity index (χ3v) is 5.04. The molecule has 1 unspecified atom stereocenters. The van der Waals surface area contributed by atoms with Gasteiger partial charge in [0.1, 0.15) is 11.6 Å². The van der Waals surface area contributed by atoms with Crippen LogP contribution in [0.15, 0.2) is 40.3 Å². The van der Waals surface area contributed by atoms with Crippen molar-refractivity contribution in [3.05, 3.63) is 57.0 Å². The van der Waals surface area contributed by atoms with Gasteiger partial charge >= 0.3 is 0 Å². The Bertz CT molecular complexity index is 949. The number of nitrogens with one attached hydrogen (secondary N) is 3. The quantitative estimate of drug-likeness (QED) is 0.785. The third-order valence-electron chi connectivity index (χ3n) is 5.04. The highest BCUT2D eigenvalue weighted by Gasteiger charge is 2.43. The van der Waals surface area contributed by atoms with E-state index in [1.807, 2.05) is 24.3 Å². The molecule has 1 aromatic carbocycles. The summed E-state index contributed by atoms with van der Waals surface area (Å²) >= 11 is 0. The number of aromatic amines is 2. The van der Waals surface area contributed by atoms with Gasteiger partial charge in [-0.05, 0) is 17.9 Å². The van der Waals surface area contributed by atoms with Gasteiger partial charge in [-0.25, -0.2) is 0 Å². The summed E-state index contributed by atoms with van der Waals surface area (Å²) in [5.74, 6) is 0.956. The van der Waals surface area contributed by atoms with E-state index in [0.29, 0.717) is 29.1 Å². The highest BCUT2D eigenvalue weighted by Crippen LogP contribution is 2.48. The number of hydrogen-bond donors (Lipinski definition) is 3. The first kappa shape index (κ1) is 15.7. The lowest BCUT2D eigenvalue weighted by atomic mass is 9.69. The maximum Gasteiger partial charge on any atom is 0.270 e. The fourth-order valence-electron chi connectivity index (χ4n) is 4.03. The maximum atomic E-state index is 13.0. The molecular formula is C19H21N3O3. The lowest BCUT2D eigenvalue weighted by Gasteiger charge is -2.38. The first-order valence-electron chi connectivity index (χ1n) is 8.38. The minimum absolute atomic E-state index is 0.0842. The second-order valence-electron chi connectivity index (χ2n) is 7.50. The number of ether oxygens (including phenoxy) is 1. The van der Waals surface area contributed by atoms with Crippen molar-refractivity contribution >= 4 is 11.6 Å². The van der Waals surface area contributed by atoms with Crippen LogP contribution in [0.3, 0.4) is 0 Å². The fraction of sp³-hybridized carbons (Fsp3) is 0.368. The first-order valence-corrected chi connectivity index (χ1v) is 8.38. The van der Waals surface area contributed by atoms with E-state index in [1.165, 1.54) is 0 Å². The summed E-state index contributed by atoms with van der Waals surface area (Å²) in [4.78, 5) is 25.5. The van der Waals surface area contributed by atoms with Crippen molar-refractivity contribution in [2.45, 2.75) is 32.6 Å². The van der Waals surface area contributed by atoms with Crippen LogP contribution in [0, 0.1) is 5.41 Å². The molecule has 0 saturated heterocycles. The Labute approximate surface area is 145 Å². The molecule has 2 aromatic rings. The van der Waals surface area contributed by atoms with Crippen molar-refractivity contribution in [2.24, 2.45) is 5.41 Å². The van der Waals surface area contributed by atoms with Crippen molar-refractivity contribution in [3.63, 3.8) is 0 Å². The Morgan fingerprint density at radius 1 is 1.12 bits per heavy atom. The Morgan fingerprint density at radius 2 is 1.88 bits per heavy atom. The second-order valence-corrected chi connectivity index (χ2v) is 7.50. The van der Waals surface area contributed by atoms with Crippen molar-refractivity contribution in [1.82, 2.24) is 10.2 Å². The molecule has 1 aromatic heterocycles. The Balaban J connectivity index is 1.98. The lowest BCUT2D eigenvalue weighted by Crippen LogP contribution is -2.35. The number of H-pyrrole nitrogens is 2. The molecule has 0 spiro atoms. The standard InChI is InChI=1S/C19H21N3O3/c1-19(2)8-11-15(12(23)9-19)14(10-6-4-5-7-13(10)25-3)16-17(20-11)21-22-18(16)24/h4-7,14H,8-9H2,1-3H3,(H3,20,21,22,24). The van der Waals surface area contributed by atoms with E-state index < -0.39 is 5.92 Å². The van der Waals surface area contributed by atoms with E-state index >= 15 is 0 Å². The first-order chi connectivity index (χ1) is 11.9. The van der Waals surface area contributed by atoms with E-state index in [9.17, 15) is 9.59 Å². The van der Waals surface area contributed by atoms with Gasteiger partial charge in [-0.15, -0.1) is 0 Å². The van der Waals surface area contributed by atoms with Gasteiger partial charge in [0.15, 0.2) is 5.78 Å². The zero-order chi connectivity index (χ0) is 17.8. The number of carbonyl (C=O) groups is 1. The molecule has 6 nitrogen and oxygen atoms in total. The molecule has 3 N–H and O–H groups in total. The normalized spacial score (nSPS) is 21.4. The Kier molecular flexibility index (Phi) is 3.39. The molecule has 0 bridgehead atoms. The number of anilines is 1. The van der Waals surface area contributed by atoms with Crippen LogP contribution in [0.25, 0.3) is 0 Å². The molecule has 130 valence electrons. The van der Waals surface area contributed by atoms with Crippen LogP contribution >= 0.6 is 0 Å². The largest absolute Gasteiger partial charge is 0.496 e. The number of methoxy groups -OCH3 is 1. The number of rotatable bonds is 2. The van der Waals surface area contributed by atoms with Crippen molar-refractivity contribution in [3.8, 4) is 5.75 Å². The van der Waals surface area contributed by atoms with Gasteiger partial charge in [0.05, 0.1) is 18.6 Å². The Morgan fingerprint density at radius 3 is 2.64 bits per heavy atom. The molecule has 0 fully saturated rings. The average Bonchev–Trinajstić information content (AvgIpc) is 2.92. The molecule has 25 heavy (non-hydrogen) atoms. The number of carbonyl (C=O) groups excluding carboxylic acids is 1. The number of allylic oxidation sites excluding steroid dienone is 2. The van der Waals surface area contributed by atoms with Crippen LogP contribution in [0.5, 0.6) is 5.75 Å². The molecule has 2 aliphatic rings. The summed E-state index contributed by atoms with van der Waals surface area (Å²) in [6.07, 6.45) is 1.23. The molecule has 1 aliphatic heterocycles. The van der Waals surface area contributed by atoms with E-state index in [2.05, 4.69) is 29.4 Å². The lowest BCUT2D eigenvalue weighted by molar-refractivity contribution is -0.118. The number of Topliss-reactive ketones (excluding diaryl/α,β-unsaturated/α-hetero) is 1. The van der Waals surface area contributed by atoms with Gasteiger partial charge in [-0.2, -0.15) is 0 Å². The predicted octanol–water partition coefficient (Wildman–Crippen LogP) is 2.91. The van der Waals surface area contributed by atoms with Gasteiger partial charge in [0, 0.05) is 23.3 Å². The van der Waals surface area contributed by atoms with Gasteiger partial charge in [-0.3, -0.25) is 19.8 Å². The molecule has 1 aliphatic carbocycles. The van der Waals surface area contributed by atoms with E-state index in [1.54, 1.807) is 7.11 Å². The summed E-state index contributed by atoms with van der Waals surface area (Å²) in [7, 11) is 1.60. The Hall–Kier alpha value is -2.76. The monoisotopic (exact) mass is 339 g/mol. The summed E-state index contributed by atoms with van der Waals surface area (Å²) in [6, 6.07) is 7.56. The summed E-state index contributed by atoms with van der Waals surface area (Å²) < 4.78 is 5.51. The van der Waals surface area contributed by atoms with Gasteiger partial charge in [-0.1, -0.05) is 32.0 Å². The maximum absolute atomic E-state index is 13.0. The van der Waals surface area contributed by atoms with E-state index in [-0.39, 0.29) is 16.8 Å². The molecule has 0 saturated carbocycles. The number of hydrogen-bond acceptors (Lipinski definition) is 4. The molecule has 0 radical (unpaired) electrons. The summed E-state index contributed by atoms with van der Waals surface area (Å²) in [5, 5.41) is 8.82. The number of ketones is 1. The van der Waals surface area contributed by atoms with Gasteiger partial charge < -0.3 is 10.1 Å². The van der Waals surface area contributed by atoms with Crippen LogP contribution in [0.1, 0.15) is 43.7 Å². The third kappa shape index (κ3) is 2.40. The van der Waals surface area contributed by atoms with Crippen molar-refractivity contribution < 1.29 is 9.53 Å². The zero-order valence-corrected chi connectivity index (χ0v) is 14.5. The van der Waals surface area contributed by atoms with Crippen LogP contribution in [0.4, 0.5) is 5.82 Å².